The Morgan fingerprint density at radius 1 is 0.742 bits per heavy atom. The Labute approximate surface area is 189 Å². The monoisotopic (exact) mass is 492 g/mol. The number of hydrogen-bond donors (Lipinski definition) is 1. The number of halogens is 2. The van der Waals surface area contributed by atoms with Crippen LogP contribution in [0.3, 0.4) is 0 Å². The summed E-state index contributed by atoms with van der Waals surface area (Å²) in [6, 6.07) is 18.7. The number of fused-ring (bicyclic) bond motifs is 1. The summed E-state index contributed by atoms with van der Waals surface area (Å²) in [5.41, 5.74) is 0.109. The molecule has 0 aliphatic carbocycles. The molecule has 10 heteroatoms. The summed E-state index contributed by atoms with van der Waals surface area (Å²) in [6.07, 6.45) is 1.12. The lowest BCUT2D eigenvalue weighted by atomic mass is 10.1. The summed E-state index contributed by atoms with van der Waals surface area (Å²) >= 11 is 11.9. The third-order valence-electron chi connectivity index (χ3n) is 4.52. The Balaban J connectivity index is 1.67. The molecule has 4 aromatic rings. The van der Waals surface area contributed by atoms with Gasteiger partial charge >= 0.3 is 0 Å². The highest BCUT2D eigenvalue weighted by atomic mass is 35.5. The van der Waals surface area contributed by atoms with Gasteiger partial charge in [-0.3, -0.25) is 4.72 Å². The maximum Gasteiger partial charge on any atom is 0.263 e. The maximum atomic E-state index is 13.1. The van der Waals surface area contributed by atoms with Gasteiger partial charge in [0.05, 0.1) is 20.5 Å². The van der Waals surface area contributed by atoms with Gasteiger partial charge in [0.2, 0.25) is 9.84 Å². The molecule has 3 aromatic carbocycles. The van der Waals surface area contributed by atoms with Crippen molar-refractivity contribution >= 4 is 59.5 Å². The Bertz CT molecular complexity index is 1500. The van der Waals surface area contributed by atoms with Gasteiger partial charge in [-0.1, -0.05) is 53.5 Å². The van der Waals surface area contributed by atoms with Crippen molar-refractivity contribution in [2.45, 2.75) is 14.7 Å². The van der Waals surface area contributed by atoms with E-state index in [0.29, 0.717) is 0 Å². The second-order valence-corrected chi connectivity index (χ2v) is 11.0. The topological polar surface area (TPSA) is 93.2 Å². The number of nitrogens with one attached hydrogen (secondary N) is 1. The fourth-order valence-corrected chi connectivity index (χ4v) is 5.92. The van der Waals surface area contributed by atoms with Gasteiger partial charge in [0.25, 0.3) is 10.0 Å². The molecule has 1 aromatic heterocycles. The van der Waals surface area contributed by atoms with Crippen LogP contribution in [0.25, 0.3) is 10.8 Å². The number of benzene rings is 3. The van der Waals surface area contributed by atoms with E-state index in [4.69, 9.17) is 23.2 Å². The molecule has 4 rings (SSSR count). The van der Waals surface area contributed by atoms with E-state index in [1.807, 2.05) is 24.3 Å². The molecule has 1 N–H and O–H groups in total. The average Bonchev–Trinajstić information content (AvgIpc) is 2.73. The molecule has 0 unspecified atom stereocenters. The summed E-state index contributed by atoms with van der Waals surface area (Å²) in [4.78, 5) is 3.62. The van der Waals surface area contributed by atoms with Crippen molar-refractivity contribution in [1.29, 1.82) is 0 Å². The van der Waals surface area contributed by atoms with Crippen molar-refractivity contribution in [2.24, 2.45) is 0 Å². The quantitative estimate of drug-likeness (QED) is 0.387. The zero-order valence-corrected chi connectivity index (χ0v) is 18.8. The molecule has 0 saturated carbocycles. The first-order chi connectivity index (χ1) is 14.7. The molecule has 0 radical (unpaired) electrons. The van der Waals surface area contributed by atoms with E-state index in [1.54, 1.807) is 12.1 Å². The molecule has 0 aliphatic rings. The van der Waals surface area contributed by atoms with Gasteiger partial charge in [-0.05, 0) is 53.2 Å². The van der Waals surface area contributed by atoms with Crippen molar-refractivity contribution in [3.8, 4) is 0 Å². The van der Waals surface area contributed by atoms with E-state index in [-0.39, 0.29) is 30.5 Å². The highest BCUT2D eigenvalue weighted by Gasteiger charge is 2.22. The minimum absolute atomic E-state index is 0.0914. The molecular weight excluding hydrogens is 479 g/mol. The van der Waals surface area contributed by atoms with Crippen LogP contribution in [0, 0.1) is 0 Å². The molecule has 0 saturated heterocycles. The fraction of sp³-hybridized carbons (Fsp3) is 0. The molecule has 0 amide bonds. The largest absolute Gasteiger partial charge is 0.280 e. The van der Waals surface area contributed by atoms with E-state index in [9.17, 15) is 16.8 Å². The van der Waals surface area contributed by atoms with Crippen LogP contribution in [0.4, 0.5) is 5.69 Å². The third-order valence-corrected chi connectivity index (χ3v) is 8.34. The van der Waals surface area contributed by atoms with Crippen molar-refractivity contribution in [3.63, 3.8) is 0 Å². The van der Waals surface area contributed by atoms with Gasteiger partial charge in [0.1, 0.15) is 10.0 Å². The minimum atomic E-state index is -3.95. The van der Waals surface area contributed by atoms with Gasteiger partial charge in [-0.25, -0.2) is 21.8 Å². The average molecular weight is 493 g/mol. The van der Waals surface area contributed by atoms with Crippen LogP contribution in [0.15, 0.2) is 93.7 Å². The summed E-state index contributed by atoms with van der Waals surface area (Å²) in [7, 11) is -7.86. The second-order valence-electron chi connectivity index (χ2n) is 6.58. The predicted molar refractivity (Wildman–Crippen MR) is 121 cm³/mol. The van der Waals surface area contributed by atoms with Crippen LogP contribution in [-0.4, -0.2) is 21.8 Å². The highest BCUT2D eigenvalue weighted by Crippen LogP contribution is 2.32. The third kappa shape index (κ3) is 4.38. The van der Waals surface area contributed by atoms with E-state index < -0.39 is 19.9 Å². The standard InChI is InChI=1S/C21H14Cl2N2O4S2/c22-19-12-16(25-31(28,29)18-8-10-21(23)24-13-18)6-9-20(19)30(26,27)17-7-5-14-3-1-2-4-15(14)11-17/h1-13,25H. The summed E-state index contributed by atoms with van der Waals surface area (Å²) in [5, 5.41) is 1.74. The normalized spacial score (nSPS) is 12.1. The number of anilines is 1. The predicted octanol–water partition coefficient (Wildman–Crippen LogP) is 5.18. The summed E-state index contributed by atoms with van der Waals surface area (Å²) < 4.78 is 53.5. The van der Waals surface area contributed by atoms with Gasteiger partial charge in [0, 0.05) is 6.20 Å². The zero-order valence-electron chi connectivity index (χ0n) is 15.7. The Morgan fingerprint density at radius 3 is 2.13 bits per heavy atom. The lowest BCUT2D eigenvalue weighted by Gasteiger charge is -2.11. The fourth-order valence-electron chi connectivity index (χ4n) is 2.98. The van der Waals surface area contributed by atoms with Crippen LogP contribution >= 0.6 is 23.2 Å². The number of sulfonamides is 1. The first-order valence-electron chi connectivity index (χ1n) is 8.85. The van der Waals surface area contributed by atoms with E-state index in [2.05, 4.69) is 9.71 Å². The Hall–Kier alpha value is -2.65. The van der Waals surface area contributed by atoms with Gasteiger partial charge < -0.3 is 0 Å². The lowest BCUT2D eigenvalue weighted by molar-refractivity contribution is 0.596. The first kappa shape index (κ1) is 21.6. The molecule has 0 fully saturated rings. The number of nitrogens with zero attached hydrogens (tertiary/aromatic N) is 1. The molecule has 31 heavy (non-hydrogen) atoms. The van der Waals surface area contributed by atoms with E-state index in [0.717, 1.165) is 17.0 Å². The van der Waals surface area contributed by atoms with E-state index in [1.165, 1.54) is 36.4 Å². The number of hydrogen-bond acceptors (Lipinski definition) is 5. The number of rotatable bonds is 5. The highest BCUT2D eigenvalue weighted by molar-refractivity contribution is 7.92. The number of aromatic nitrogens is 1. The van der Waals surface area contributed by atoms with Crippen molar-refractivity contribution < 1.29 is 16.8 Å². The van der Waals surface area contributed by atoms with Gasteiger partial charge in [0.15, 0.2) is 0 Å². The van der Waals surface area contributed by atoms with Crippen LogP contribution in [0.1, 0.15) is 0 Å². The van der Waals surface area contributed by atoms with Crippen molar-refractivity contribution in [1.82, 2.24) is 4.98 Å². The SMILES string of the molecule is O=S(=O)(Nc1ccc(S(=O)(=O)c2ccc3ccccc3c2)c(Cl)c1)c1ccc(Cl)nc1. The van der Waals surface area contributed by atoms with E-state index >= 15 is 0 Å². The van der Waals surface area contributed by atoms with Crippen LogP contribution in [0.2, 0.25) is 10.2 Å². The van der Waals surface area contributed by atoms with Crippen molar-refractivity contribution in [2.75, 3.05) is 4.72 Å². The number of sulfone groups is 1. The van der Waals surface area contributed by atoms with Gasteiger partial charge in [-0.2, -0.15) is 0 Å². The molecule has 0 aliphatic heterocycles. The Kier molecular flexibility index (Phi) is 5.65. The molecule has 0 spiro atoms. The van der Waals surface area contributed by atoms with Gasteiger partial charge in [-0.15, -0.1) is 0 Å². The molecule has 6 nitrogen and oxygen atoms in total. The summed E-state index contributed by atoms with van der Waals surface area (Å²) in [6.45, 7) is 0. The van der Waals surface area contributed by atoms with Crippen LogP contribution in [0.5, 0.6) is 0 Å². The van der Waals surface area contributed by atoms with Crippen LogP contribution in [-0.2, 0) is 19.9 Å². The van der Waals surface area contributed by atoms with Crippen molar-refractivity contribution in [3.05, 3.63) is 89.2 Å². The smallest absolute Gasteiger partial charge is 0.263 e. The zero-order chi connectivity index (χ0) is 22.2. The van der Waals surface area contributed by atoms with Crippen LogP contribution < -0.4 is 4.72 Å². The molecular formula is C21H14Cl2N2O4S2. The molecule has 1 heterocycles. The Morgan fingerprint density at radius 2 is 1.45 bits per heavy atom. The molecule has 0 atom stereocenters. The maximum absolute atomic E-state index is 13.1. The molecule has 158 valence electrons. The number of pyridine rings is 1. The summed E-state index contributed by atoms with van der Waals surface area (Å²) in [5.74, 6) is 0. The second kappa shape index (κ2) is 8.12. The minimum Gasteiger partial charge on any atom is -0.280 e. The lowest BCUT2D eigenvalue weighted by Crippen LogP contribution is -2.13. The molecule has 0 bridgehead atoms. The first-order valence-corrected chi connectivity index (χ1v) is 12.6.